The van der Waals surface area contributed by atoms with Crippen molar-refractivity contribution in [2.45, 2.75) is 57.3 Å². The molecular formula is C23H34N4O8S. The number of carbonyl (C=O) groups excluding carboxylic acids is 3. The van der Waals surface area contributed by atoms with Crippen molar-refractivity contribution in [3.8, 4) is 5.75 Å². The van der Waals surface area contributed by atoms with Gasteiger partial charge in [-0.1, -0.05) is 26.0 Å². The number of nitrogens with two attached hydrogens (primary N) is 1. The van der Waals surface area contributed by atoms with Gasteiger partial charge in [-0.15, -0.1) is 0 Å². The third-order valence-electron chi connectivity index (χ3n) is 5.27. The summed E-state index contributed by atoms with van der Waals surface area (Å²) in [4.78, 5) is 61.2. The highest BCUT2D eigenvalue weighted by Crippen LogP contribution is 2.12. The van der Waals surface area contributed by atoms with Crippen LogP contribution in [0.5, 0.6) is 5.75 Å². The molecule has 0 aromatic heterocycles. The molecule has 13 heteroatoms. The summed E-state index contributed by atoms with van der Waals surface area (Å²) in [6.07, 6.45) is 1.10. The van der Waals surface area contributed by atoms with Gasteiger partial charge in [-0.25, -0.2) is 4.79 Å². The first-order chi connectivity index (χ1) is 16.8. The first-order valence-corrected chi connectivity index (χ1v) is 12.6. The number of benzene rings is 1. The summed E-state index contributed by atoms with van der Waals surface area (Å²) < 4.78 is 0. The lowest BCUT2D eigenvalue weighted by Gasteiger charge is -2.25. The Morgan fingerprint density at radius 2 is 1.42 bits per heavy atom. The van der Waals surface area contributed by atoms with Gasteiger partial charge in [0.2, 0.25) is 17.7 Å². The van der Waals surface area contributed by atoms with Crippen molar-refractivity contribution in [3.05, 3.63) is 29.8 Å². The van der Waals surface area contributed by atoms with Gasteiger partial charge >= 0.3 is 11.9 Å². The van der Waals surface area contributed by atoms with Crippen molar-refractivity contribution in [2.24, 2.45) is 11.7 Å². The summed E-state index contributed by atoms with van der Waals surface area (Å²) in [6.45, 7) is 3.38. The maximum Gasteiger partial charge on any atom is 0.326 e. The Hall–Kier alpha value is -3.32. The van der Waals surface area contributed by atoms with E-state index in [0.717, 1.165) is 0 Å². The van der Waals surface area contributed by atoms with Crippen LogP contribution < -0.4 is 21.7 Å². The molecule has 1 aromatic carbocycles. The highest BCUT2D eigenvalue weighted by atomic mass is 32.2. The maximum atomic E-state index is 12.9. The Balaban J connectivity index is 3.01. The van der Waals surface area contributed by atoms with Gasteiger partial charge in [0.15, 0.2) is 0 Å². The zero-order valence-electron chi connectivity index (χ0n) is 20.4. The second-order valence-corrected chi connectivity index (χ2v) is 9.53. The summed E-state index contributed by atoms with van der Waals surface area (Å²) in [5.74, 6) is -4.87. The van der Waals surface area contributed by atoms with E-state index in [1.807, 2.05) is 0 Å². The van der Waals surface area contributed by atoms with E-state index in [1.54, 1.807) is 20.1 Å². The van der Waals surface area contributed by atoms with Crippen LogP contribution in [0.3, 0.4) is 0 Å². The van der Waals surface area contributed by atoms with Crippen molar-refractivity contribution in [1.82, 2.24) is 16.0 Å². The molecule has 0 aliphatic carbocycles. The molecule has 1 rings (SSSR count). The second kappa shape index (κ2) is 14.9. The number of phenols is 1. The van der Waals surface area contributed by atoms with Crippen LogP contribution in [0.4, 0.5) is 0 Å². The largest absolute Gasteiger partial charge is 0.508 e. The number of hydrogen-bond acceptors (Lipinski definition) is 8. The van der Waals surface area contributed by atoms with Crippen LogP contribution in [0.2, 0.25) is 0 Å². The molecule has 0 spiro atoms. The van der Waals surface area contributed by atoms with Crippen LogP contribution in [0.25, 0.3) is 0 Å². The lowest BCUT2D eigenvalue weighted by atomic mass is 10.0. The fraction of sp³-hybridized carbons (Fsp3) is 0.522. The fourth-order valence-corrected chi connectivity index (χ4v) is 3.54. The predicted molar refractivity (Wildman–Crippen MR) is 133 cm³/mol. The van der Waals surface area contributed by atoms with Crippen LogP contribution in [0.15, 0.2) is 24.3 Å². The van der Waals surface area contributed by atoms with E-state index in [9.17, 15) is 39.3 Å². The van der Waals surface area contributed by atoms with E-state index in [4.69, 9.17) is 5.73 Å². The van der Waals surface area contributed by atoms with Gasteiger partial charge in [0.05, 0.1) is 12.5 Å². The van der Waals surface area contributed by atoms with Crippen LogP contribution in [0.1, 0.15) is 32.3 Å². The Morgan fingerprint density at radius 3 is 1.92 bits per heavy atom. The van der Waals surface area contributed by atoms with E-state index < -0.39 is 60.2 Å². The van der Waals surface area contributed by atoms with Gasteiger partial charge in [-0.3, -0.25) is 19.2 Å². The smallest absolute Gasteiger partial charge is 0.326 e. The summed E-state index contributed by atoms with van der Waals surface area (Å²) in [5.41, 5.74) is 6.33. The molecule has 1 aromatic rings. The molecule has 4 atom stereocenters. The molecular weight excluding hydrogens is 492 g/mol. The Bertz CT molecular complexity index is 925. The minimum Gasteiger partial charge on any atom is -0.508 e. The average Bonchev–Trinajstić information content (AvgIpc) is 2.80. The lowest BCUT2D eigenvalue weighted by molar-refractivity contribution is -0.143. The minimum atomic E-state index is -1.49. The number of phenolic OH excluding ortho intramolecular Hbond substituents is 1. The zero-order valence-corrected chi connectivity index (χ0v) is 21.2. The third kappa shape index (κ3) is 10.5. The SMILES string of the molecule is CSCCC(NC(=O)C(CC(=O)O)NC(=O)C(N)C(C)C)C(=O)NC(Cc1ccc(O)cc1)C(=O)O. The quantitative estimate of drug-likeness (QED) is 0.158. The van der Waals surface area contributed by atoms with Gasteiger partial charge in [0.25, 0.3) is 0 Å². The topological polar surface area (TPSA) is 208 Å². The standard InChI is InChI=1S/C23H34N4O8S/c1-12(2)19(24)22(33)26-16(11-18(29)30)21(32)25-15(8-9-36-3)20(31)27-17(23(34)35)10-13-4-6-14(28)7-5-13/h4-7,12,15-17,19,28H,8-11,24H2,1-3H3,(H,25,32)(H,26,33)(H,27,31)(H,29,30)(H,34,35). The van der Waals surface area contributed by atoms with Crippen LogP contribution >= 0.6 is 11.8 Å². The average molecular weight is 527 g/mol. The number of carboxylic acid groups (broad SMARTS) is 2. The van der Waals surface area contributed by atoms with E-state index in [-0.39, 0.29) is 24.5 Å². The molecule has 0 saturated carbocycles. The molecule has 0 aliphatic rings. The van der Waals surface area contributed by atoms with Crippen molar-refractivity contribution >= 4 is 41.4 Å². The van der Waals surface area contributed by atoms with Gasteiger partial charge in [0, 0.05) is 6.42 Å². The molecule has 0 bridgehead atoms. The van der Waals surface area contributed by atoms with Crippen molar-refractivity contribution in [1.29, 1.82) is 0 Å². The Kier molecular flexibility index (Phi) is 12.7. The molecule has 0 aliphatic heterocycles. The van der Waals surface area contributed by atoms with E-state index >= 15 is 0 Å². The van der Waals surface area contributed by atoms with Crippen LogP contribution in [-0.2, 0) is 30.4 Å². The van der Waals surface area contributed by atoms with Crippen molar-refractivity contribution < 1.29 is 39.3 Å². The van der Waals surface area contributed by atoms with Gasteiger partial charge in [-0.05, 0) is 42.0 Å². The van der Waals surface area contributed by atoms with Crippen molar-refractivity contribution in [2.75, 3.05) is 12.0 Å². The zero-order chi connectivity index (χ0) is 27.4. The molecule has 0 fully saturated rings. The predicted octanol–water partition coefficient (Wildman–Crippen LogP) is -0.315. The first kappa shape index (κ1) is 30.7. The normalized spacial score (nSPS) is 14.2. The second-order valence-electron chi connectivity index (χ2n) is 8.54. The summed E-state index contributed by atoms with van der Waals surface area (Å²) in [7, 11) is 0. The number of aliphatic carboxylic acids is 2. The number of hydrogen-bond donors (Lipinski definition) is 7. The molecule has 0 saturated heterocycles. The fourth-order valence-electron chi connectivity index (χ4n) is 3.07. The number of rotatable bonds is 15. The minimum absolute atomic E-state index is 0.00635. The molecule has 3 amide bonds. The lowest BCUT2D eigenvalue weighted by Crippen LogP contribution is -2.58. The number of carboxylic acids is 2. The molecule has 36 heavy (non-hydrogen) atoms. The van der Waals surface area contributed by atoms with E-state index in [0.29, 0.717) is 11.3 Å². The van der Waals surface area contributed by atoms with Crippen LogP contribution in [-0.4, -0.2) is 81.2 Å². The Morgan fingerprint density at radius 1 is 0.889 bits per heavy atom. The first-order valence-electron chi connectivity index (χ1n) is 11.2. The van der Waals surface area contributed by atoms with Crippen LogP contribution in [0, 0.1) is 5.92 Å². The van der Waals surface area contributed by atoms with Gasteiger partial charge < -0.3 is 37.0 Å². The Labute approximate surface area is 213 Å². The summed E-state index contributed by atoms with van der Waals surface area (Å²) in [5, 5.41) is 35.3. The highest BCUT2D eigenvalue weighted by molar-refractivity contribution is 7.98. The van der Waals surface area contributed by atoms with E-state index in [2.05, 4.69) is 16.0 Å². The third-order valence-corrected chi connectivity index (χ3v) is 5.91. The number of thioether (sulfide) groups is 1. The molecule has 4 unspecified atom stereocenters. The maximum absolute atomic E-state index is 12.9. The number of carbonyl (C=O) groups is 5. The molecule has 8 N–H and O–H groups in total. The van der Waals surface area contributed by atoms with Gasteiger partial charge in [0.1, 0.15) is 23.9 Å². The van der Waals surface area contributed by atoms with Gasteiger partial charge in [-0.2, -0.15) is 11.8 Å². The summed E-state index contributed by atoms with van der Waals surface area (Å²) in [6, 6.07) is 0.848. The monoisotopic (exact) mass is 526 g/mol. The molecule has 0 radical (unpaired) electrons. The number of nitrogens with one attached hydrogen (secondary N) is 3. The molecule has 200 valence electrons. The molecule has 12 nitrogen and oxygen atoms in total. The van der Waals surface area contributed by atoms with E-state index in [1.165, 1.54) is 36.0 Å². The number of amides is 3. The van der Waals surface area contributed by atoms with Crippen molar-refractivity contribution in [3.63, 3.8) is 0 Å². The summed E-state index contributed by atoms with van der Waals surface area (Å²) >= 11 is 1.39. The highest BCUT2D eigenvalue weighted by Gasteiger charge is 2.31. The molecule has 0 heterocycles. The number of aromatic hydroxyl groups is 1.